The van der Waals surface area contributed by atoms with E-state index in [0.29, 0.717) is 16.7 Å². The molecule has 6 heteroatoms. The van der Waals surface area contributed by atoms with E-state index in [1.165, 1.54) is 17.0 Å². The van der Waals surface area contributed by atoms with Crippen LogP contribution in [0.4, 0.5) is 10.1 Å². The molecule has 0 saturated carbocycles. The number of likely N-dealkylation sites (N-methyl/N-ethyl adjacent to an activating group) is 1. The van der Waals surface area contributed by atoms with Gasteiger partial charge in [0, 0.05) is 16.7 Å². The molecule has 0 fully saturated rings. The van der Waals surface area contributed by atoms with Crippen molar-refractivity contribution in [3.8, 4) is 0 Å². The number of hydrogen-bond acceptors (Lipinski definition) is 3. The highest BCUT2D eigenvalue weighted by molar-refractivity contribution is 9.10. The van der Waals surface area contributed by atoms with Gasteiger partial charge in [0.15, 0.2) is 6.61 Å². The van der Waals surface area contributed by atoms with Gasteiger partial charge in [-0.05, 0) is 37.3 Å². The fourth-order valence-corrected chi connectivity index (χ4v) is 2.41. The van der Waals surface area contributed by atoms with E-state index in [0.717, 1.165) is 6.07 Å². The zero-order valence-corrected chi connectivity index (χ0v) is 14.0. The third kappa shape index (κ3) is 4.39. The zero-order chi connectivity index (χ0) is 16.8. The molecule has 0 aliphatic rings. The molecule has 0 radical (unpaired) electrons. The monoisotopic (exact) mass is 379 g/mol. The summed E-state index contributed by atoms with van der Waals surface area (Å²) in [6.45, 7) is 1.81. The van der Waals surface area contributed by atoms with Crippen molar-refractivity contribution in [1.82, 2.24) is 0 Å². The second kappa shape index (κ2) is 7.87. The van der Waals surface area contributed by atoms with E-state index in [1.54, 1.807) is 12.1 Å². The van der Waals surface area contributed by atoms with Crippen LogP contribution in [-0.4, -0.2) is 25.0 Å². The summed E-state index contributed by atoms with van der Waals surface area (Å²) in [5, 5.41) is 0. The van der Waals surface area contributed by atoms with Crippen molar-refractivity contribution in [3.63, 3.8) is 0 Å². The summed E-state index contributed by atoms with van der Waals surface area (Å²) in [4.78, 5) is 25.6. The van der Waals surface area contributed by atoms with Crippen molar-refractivity contribution in [2.75, 3.05) is 18.1 Å². The van der Waals surface area contributed by atoms with Crippen molar-refractivity contribution >= 4 is 33.5 Å². The third-order valence-corrected chi connectivity index (χ3v) is 3.65. The van der Waals surface area contributed by atoms with Crippen molar-refractivity contribution in [1.29, 1.82) is 0 Å². The lowest BCUT2D eigenvalue weighted by Crippen LogP contribution is -2.34. The van der Waals surface area contributed by atoms with Crippen LogP contribution in [0.25, 0.3) is 0 Å². The fraction of sp³-hybridized carbons (Fsp3) is 0.176. The molecule has 1 amide bonds. The van der Waals surface area contributed by atoms with Crippen molar-refractivity contribution < 1.29 is 18.7 Å². The topological polar surface area (TPSA) is 46.6 Å². The molecule has 2 aromatic carbocycles. The lowest BCUT2D eigenvalue weighted by atomic mass is 10.2. The largest absolute Gasteiger partial charge is 0.452 e. The average Bonchev–Trinajstić information content (AvgIpc) is 2.56. The predicted octanol–water partition coefficient (Wildman–Crippen LogP) is 3.80. The number of carbonyl (C=O) groups is 2. The molecule has 0 heterocycles. The number of benzene rings is 2. The number of anilines is 1. The molecule has 4 nitrogen and oxygen atoms in total. The molecule has 0 saturated heterocycles. The summed E-state index contributed by atoms with van der Waals surface area (Å²) in [6, 6.07) is 13.0. The van der Waals surface area contributed by atoms with Crippen LogP contribution in [-0.2, 0) is 9.53 Å². The van der Waals surface area contributed by atoms with E-state index in [9.17, 15) is 14.0 Å². The summed E-state index contributed by atoms with van der Waals surface area (Å²) < 4.78 is 19.1. The Hall–Kier alpha value is -2.21. The van der Waals surface area contributed by atoms with E-state index in [1.807, 2.05) is 25.1 Å². The van der Waals surface area contributed by atoms with Crippen LogP contribution < -0.4 is 4.90 Å². The highest BCUT2D eigenvalue weighted by Gasteiger charge is 2.18. The molecule has 0 atom stereocenters. The molecule has 0 aromatic heterocycles. The van der Waals surface area contributed by atoms with Gasteiger partial charge in [0.25, 0.3) is 5.91 Å². The number of amides is 1. The first-order valence-electron chi connectivity index (χ1n) is 7.00. The van der Waals surface area contributed by atoms with Gasteiger partial charge in [-0.25, -0.2) is 9.18 Å². The van der Waals surface area contributed by atoms with Crippen molar-refractivity contribution in [2.24, 2.45) is 0 Å². The average molecular weight is 380 g/mol. The van der Waals surface area contributed by atoms with Gasteiger partial charge in [0.1, 0.15) is 5.82 Å². The molecule has 0 unspecified atom stereocenters. The molecule has 120 valence electrons. The third-order valence-electron chi connectivity index (χ3n) is 3.16. The Balaban J connectivity index is 2.03. The van der Waals surface area contributed by atoms with Gasteiger partial charge in [-0.1, -0.05) is 34.1 Å². The van der Waals surface area contributed by atoms with Crippen molar-refractivity contribution in [2.45, 2.75) is 6.92 Å². The number of esters is 1. The molecular weight excluding hydrogens is 365 g/mol. The van der Waals surface area contributed by atoms with E-state index >= 15 is 0 Å². The van der Waals surface area contributed by atoms with Crippen LogP contribution in [0.1, 0.15) is 17.3 Å². The number of carbonyl (C=O) groups excluding carboxylic acids is 2. The Morgan fingerprint density at radius 3 is 2.52 bits per heavy atom. The van der Waals surface area contributed by atoms with E-state index in [2.05, 4.69) is 15.9 Å². The minimum absolute atomic E-state index is 0.213. The lowest BCUT2D eigenvalue weighted by Gasteiger charge is -2.20. The maximum atomic E-state index is 13.6. The molecule has 23 heavy (non-hydrogen) atoms. The number of para-hydroxylation sites is 1. The quantitative estimate of drug-likeness (QED) is 0.742. The number of nitrogens with zero attached hydrogens (tertiary/aromatic N) is 1. The van der Waals surface area contributed by atoms with Crippen LogP contribution in [0.5, 0.6) is 0 Å². The Morgan fingerprint density at radius 1 is 1.17 bits per heavy atom. The first-order chi connectivity index (χ1) is 11.0. The molecule has 0 N–H and O–H groups in total. The second-order valence-electron chi connectivity index (χ2n) is 4.67. The minimum Gasteiger partial charge on any atom is -0.452 e. The summed E-state index contributed by atoms with van der Waals surface area (Å²) >= 11 is 3.16. The molecule has 2 rings (SSSR count). The molecule has 0 spiro atoms. The summed E-state index contributed by atoms with van der Waals surface area (Å²) in [6.07, 6.45) is 0. The smallest absolute Gasteiger partial charge is 0.341 e. The number of ether oxygens (including phenoxy) is 1. The van der Waals surface area contributed by atoms with Gasteiger partial charge in [-0.15, -0.1) is 0 Å². The normalized spacial score (nSPS) is 10.2. The van der Waals surface area contributed by atoms with E-state index in [4.69, 9.17) is 4.74 Å². The van der Waals surface area contributed by atoms with Crippen LogP contribution in [0, 0.1) is 5.82 Å². The number of hydrogen-bond donors (Lipinski definition) is 0. The maximum Gasteiger partial charge on any atom is 0.341 e. The Kier molecular flexibility index (Phi) is 5.87. The molecule has 0 aliphatic carbocycles. The first-order valence-corrected chi connectivity index (χ1v) is 7.79. The zero-order valence-electron chi connectivity index (χ0n) is 12.5. The van der Waals surface area contributed by atoms with Gasteiger partial charge in [0.05, 0.1) is 5.56 Å². The molecular formula is C17H15BrFNO3. The lowest BCUT2D eigenvalue weighted by molar-refractivity contribution is -0.121. The predicted molar refractivity (Wildman–Crippen MR) is 88.9 cm³/mol. The number of halogens is 2. The van der Waals surface area contributed by atoms with Gasteiger partial charge < -0.3 is 9.64 Å². The van der Waals surface area contributed by atoms with E-state index < -0.39 is 18.4 Å². The Morgan fingerprint density at radius 2 is 1.87 bits per heavy atom. The van der Waals surface area contributed by atoms with Crippen LogP contribution in [0.2, 0.25) is 0 Å². The Labute approximate surface area is 142 Å². The number of rotatable bonds is 5. The minimum atomic E-state index is -0.874. The van der Waals surface area contributed by atoms with Crippen LogP contribution in [0.3, 0.4) is 0 Å². The van der Waals surface area contributed by atoms with E-state index in [-0.39, 0.29) is 11.5 Å². The summed E-state index contributed by atoms with van der Waals surface area (Å²) in [5.74, 6) is -1.94. The SMILES string of the molecule is CCN(C(=O)COC(=O)c1cc(Br)ccc1F)c1ccccc1. The standard InChI is InChI=1S/C17H15BrFNO3/c1-2-20(13-6-4-3-5-7-13)16(21)11-23-17(22)14-10-12(18)8-9-15(14)19/h3-10H,2,11H2,1H3. The highest BCUT2D eigenvalue weighted by Crippen LogP contribution is 2.17. The molecule has 0 aliphatic heterocycles. The fourth-order valence-electron chi connectivity index (χ4n) is 2.05. The first kappa shape index (κ1) is 17.1. The van der Waals surface area contributed by atoms with Gasteiger partial charge in [-0.3, -0.25) is 4.79 Å². The summed E-state index contributed by atoms with van der Waals surface area (Å²) in [7, 11) is 0. The molecule has 2 aromatic rings. The van der Waals surface area contributed by atoms with Gasteiger partial charge in [-0.2, -0.15) is 0 Å². The Bertz CT molecular complexity index is 706. The highest BCUT2D eigenvalue weighted by atomic mass is 79.9. The van der Waals surface area contributed by atoms with Crippen molar-refractivity contribution in [3.05, 3.63) is 64.4 Å². The maximum absolute atomic E-state index is 13.6. The van der Waals surface area contributed by atoms with Gasteiger partial charge >= 0.3 is 5.97 Å². The van der Waals surface area contributed by atoms with Crippen LogP contribution in [0.15, 0.2) is 53.0 Å². The van der Waals surface area contributed by atoms with Crippen LogP contribution >= 0.6 is 15.9 Å². The summed E-state index contributed by atoms with van der Waals surface area (Å²) in [5.41, 5.74) is 0.500. The molecule has 0 bridgehead atoms. The van der Waals surface area contributed by atoms with Gasteiger partial charge in [0.2, 0.25) is 0 Å². The second-order valence-corrected chi connectivity index (χ2v) is 5.59.